The lowest BCUT2D eigenvalue weighted by Gasteiger charge is -2.26. The van der Waals surface area contributed by atoms with E-state index in [9.17, 15) is 4.79 Å². The molecule has 20 heavy (non-hydrogen) atoms. The van der Waals surface area contributed by atoms with Gasteiger partial charge < -0.3 is 10.2 Å². The first kappa shape index (κ1) is 15.5. The van der Waals surface area contributed by atoms with Gasteiger partial charge in [-0.1, -0.05) is 35.0 Å². The van der Waals surface area contributed by atoms with Gasteiger partial charge in [0.1, 0.15) is 0 Å². The molecule has 1 aliphatic rings. The maximum atomic E-state index is 12.3. The number of rotatable bonds is 6. The lowest BCUT2D eigenvalue weighted by molar-refractivity contribution is -0.133. The van der Waals surface area contributed by atoms with E-state index in [1.165, 1.54) is 18.4 Å². The first-order valence-electron chi connectivity index (χ1n) is 7.14. The Balaban J connectivity index is 2.02. The number of likely N-dealkylation sites (N-methyl/N-ethyl adjacent to an activating group) is 1. The fourth-order valence-corrected chi connectivity index (χ4v) is 3.06. The first-order valence-corrected chi connectivity index (χ1v) is 7.93. The van der Waals surface area contributed by atoms with Crippen molar-refractivity contribution < 1.29 is 4.79 Å². The molecule has 1 aliphatic carbocycles. The van der Waals surface area contributed by atoms with E-state index in [0.717, 1.165) is 17.6 Å². The molecule has 0 aliphatic heterocycles. The Hall–Kier alpha value is -0.870. The monoisotopic (exact) mass is 338 g/mol. The normalized spacial score (nSPS) is 17.6. The van der Waals surface area contributed by atoms with Crippen LogP contribution in [-0.2, 0) is 10.2 Å². The van der Waals surface area contributed by atoms with E-state index < -0.39 is 0 Å². The largest absolute Gasteiger partial charge is 0.345 e. The van der Waals surface area contributed by atoms with Crippen LogP contribution in [0.2, 0.25) is 0 Å². The second kappa shape index (κ2) is 6.27. The molecular formula is C16H23BrN2O. The number of amides is 1. The molecule has 1 fully saturated rings. The van der Waals surface area contributed by atoms with Crippen molar-refractivity contribution in [3.63, 3.8) is 0 Å². The van der Waals surface area contributed by atoms with Crippen molar-refractivity contribution in [3.8, 4) is 0 Å². The minimum Gasteiger partial charge on any atom is -0.345 e. The third kappa shape index (κ3) is 3.41. The zero-order valence-electron chi connectivity index (χ0n) is 12.4. The summed E-state index contributed by atoms with van der Waals surface area (Å²) in [6, 6.07) is 8.51. The van der Waals surface area contributed by atoms with Gasteiger partial charge in [-0.25, -0.2) is 0 Å². The molecule has 1 atom stereocenters. The van der Waals surface area contributed by atoms with Crippen LogP contribution in [0.3, 0.4) is 0 Å². The molecule has 0 saturated heterocycles. The second-order valence-electron chi connectivity index (χ2n) is 5.94. The summed E-state index contributed by atoms with van der Waals surface area (Å²) >= 11 is 3.47. The summed E-state index contributed by atoms with van der Waals surface area (Å²) in [6.45, 7) is 3.53. The number of carbonyl (C=O) groups is 1. The summed E-state index contributed by atoms with van der Waals surface area (Å²) in [5, 5.41) is 3.07. The summed E-state index contributed by atoms with van der Waals surface area (Å²) in [4.78, 5) is 14.2. The molecule has 1 amide bonds. The standard InChI is InChI=1S/C16H23BrN2O/c1-12(10-18-2)15(20)19(3)11-16(8-9-16)13-4-6-14(17)7-5-13/h4-7,12,18H,8-11H2,1-3H3. The van der Waals surface area contributed by atoms with Gasteiger partial charge in [0.15, 0.2) is 0 Å². The average molecular weight is 339 g/mol. The van der Waals surface area contributed by atoms with Crippen molar-refractivity contribution in [2.24, 2.45) is 5.92 Å². The van der Waals surface area contributed by atoms with E-state index in [2.05, 4.69) is 45.5 Å². The number of hydrogen-bond acceptors (Lipinski definition) is 2. The van der Waals surface area contributed by atoms with Crippen LogP contribution in [0.5, 0.6) is 0 Å². The predicted octanol–water partition coefficient (Wildman–Crippen LogP) is 2.79. The minimum atomic E-state index is 0.0331. The van der Waals surface area contributed by atoms with Gasteiger partial charge in [-0.2, -0.15) is 0 Å². The van der Waals surface area contributed by atoms with E-state index in [-0.39, 0.29) is 17.2 Å². The van der Waals surface area contributed by atoms with Gasteiger partial charge in [-0.3, -0.25) is 4.79 Å². The first-order chi connectivity index (χ1) is 9.48. The SMILES string of the molecule is CNCC(C)C(=O)N(C)CC1(c2ccc(Br)cc2)CC1. The predicted molar refractivity (Wildman–Crippen MR) is 85.8 cm³/mol. The summed E-state index contributed by atoms with van der Waals surface area (Å²) in [5.74, 6) is 0.258. The zero-order chi connectivity index (χ0) is 14.8. The minimum absolute atomic E-state index is 0.0331. The van der Waals surface area contributed by atoms with Crippen LogP contribution in [0.1, 0.15) is 25.3 Å². The molecule has 1 N–H and O–H groups in total. The molecule has 2 rings (SSSR count). The van der Waals surface area contributed by atoms with Crippen molar-refractivity contribution in [2.45, 2.75) is 25.2 Å². The summed E-state index contributed by atoms with van der Waals surface area (Å²) in [7, 11) is 3.81. The van der Waals surface area contributed by atoms with Crippen LogP contribution < -0.4 is 5.32 Å². The van der Waals surface area contributed by atoms with Crippen molar-refractivity contribution in [2.75, 3.05) is 27.2 Å². The molecule has 110 valence electrons. The molecule has 0 radical (unpaired) electrons. The molecule has 1 aromatic rings. The molecule has 1 aromatic carbocycles. The number of hydrogen-bond donors (Lipinski definition) is 1. The topological polar surface area (TPSA) is 32.3 Å². The van der Waals surface area contributed by atoms with Crippen LogP contribution in [0.4, 0.5) is 0 Å². The van der Waals surface area contributed by atoms with E-state index >= 15 is 0 Å². The van der Waals surface area contributed by atoms with Gasteiger partial charge in [0.25, 0.3) is 0 Å². The lowest BCUT2D eigenvalue weighted by atomic mass is 9.95. The number of halogens is 1. The quantitative estimate of drug-likeness (QED) is 0.864. The van der Waals surface area contributed by atoms with Gasteiger partial charge in [0, 0.05) is 35.9 Å². The average Bonchev–Trinajstić information content (AvgIpc) is 3.19. The maximum absolute atomic E-state index is 12.3. The van der Waals surface area contributed by atoms with Crippen LogP contribution in [0.25, 0.3) is 0 Å². The number of benzene rings is 1. The Morgan fingerprint density at radius 2 is 2.00 bits per heavy atom. The molecule has 4 heteroatoms. The molecule has 0 aromatic heterocycles. The van der Waals surface area contributed by atoms with Crippen molar-refractivity contribution >= 4 is 21.8 Å². The zero-order valence-corrected chi connectivity index (χ0v) is 14.0. The molecule has 0 spiro atoms. The molecular weight excluding hydrogens is 316 g/mol. The molecule has 0 bridgehead atoms. The van der Waals surface area contributed by atoms with Crippen molar-refractivity contribution in [3.05, 3.63) is 34.3 Å². The van der Waals surface area contributed by atoms with Crippen LogP contribution >= 0.6 is 15.9 Å². The molecule has 3 nitrogen and oxygen atoms in total. The second-order valence-corrected chi connectivity index (χ2v) is 6.86. The third-order valence-corrected chi connectivity index (χ3v) is 4.69. The van der Waals surface area contributed by atoms with Gasteiger partial charge in [0.05, 0.1) is 0 Å². The Morgan fingerprint density at radius 1 is 1.40 bits per heavy atom. The van der Waals surface area contributed by atoms with E-state index in [4.69, 9.17) is 0 Å². The fourth-order valence-electron chi connectivity index (χ4n) is 2.79. The van der Waals surface area contributed by atoms with Crippen LogP contribution in [0, 0.1) is 5.92 Å². The summed E-state index contributed by atoms with van der Waals surface area (Å²) < 4.78 is 1.10. The van der Waals surface area contributed by atoms with Gasteiger partial charge in [-0.15, -0.1) is 0 Å². The maximum Gasteiger partial charge on any atom is 0.226 e. The summed E-state index contributed by atoms with van der Waals surface area (Å²) in [6.07, 6.45) is 2.35. The van der Waals surface area contributed by atoms with E-state index in [0.29, 0.717) is 0 Å². The highest BCUT2D eigenvalue weighted by atomic mass is 79.9. The molecule has 1 unspecified atom stereocenters. The Kier molecular flexibility index (Phi) is 4.86. The Morgan fingerprint density at radius 3 is 2.50 bits per heavy atom. The number of carbonyl (C=O) groups excluding carboxylic acids is 1. The van der Waals surface area contributed by atoms with Crippen LogP contribution in [-0.4, -0.2) is 38.0 Å². The number of nitrogens with one attached hydrogen (secondary N) is 1. The molecule has 0 heterocycles. The van der Waals surface area contributed by atoms with Gasteiger partial charge >= 0.3 is 0 Å². The highest BCUT2D eigenvalue weighted by Crippen LogP contribution is 2.48. The summed E-state index contributed by atoms with van der Waals surface area (Å²) in [5.41, 5.74) is 1.53. The van der Waals surface area contributed by atoms with Crippen molar-refractivity contribution in [1.82, 2.24) is 10.2 Å². The van der Waals surface area contributed by atoms with Crippen molar-refractivity contribution in [1.29, 1.82) is 0 Å². The van der Waals surface area contributed by atoms with Gasteiger partial charge in [-0.05, 0) is 37.6 Å². The van der Waals surface area contributed by atoms with E-state index in [1.807, 2.05) is 25.9 Å². The van der Waals surface area contributed by atoms with E-state index in [1.54, 1.807) is 0 Å². The highest BCUT2D eigenvalue weighted by molar-refractivity contribution is 9.10. The lowest BCUT2D eigenvalue weighted by Crippen LogP contribution is -2.40. The smallest absolute Gasteiger partial charge is 0.226 e. The van der Waals surface area contributed by atoms with Crippen LogP contribution in [0.15, 0.2) is 28.7 Å². The Labute approximate surface area is 129 Å². The van der Waals surface area contributed by atoms with Gasteiger partial charge in [0.2, 0.25) is 5.91 Å². The molecule has 1 saturated carbocycles. The fraction of sp³-hybridized carbons (Fsp3) is 0.562. The highest BCUT2D eigenvalue weighted by Gasteiger charge is 2.45. The third-order valence-electron chi connectivity index (χ3n) is 4.16. The Bertz CT molecular complexity index is 468. The number of nitrogens with zero attached hydrogens (tertiary/aromatic N) is 1.